The average Bonchev–Trinajstić information content (AvgIpc) is 3.21. The number of amides is 1. The Morgan fingerprint density at radius 1 is 1.27 bits per heavy atom. The van der Waals surface area contributed by atoms with Gasteiger partial charge in [-0.25, -0.2) is 0 Å². The van der Waals surface area contributed by atoms with Crippen LogP contribution in [-0.4, -0.2) is 34.0 Å². The van der Waals surface area contributed by atoms with Gasteiger partial charge in [0.25, 0.3) is 0 Å². The van der Waals surface area contributed by atoms with Crippen LogP contribution >= 0.6 is 11.6 Å². The molecule has 0 aliphatic carbocycles. The molecule has 1 saturated heterocycles. The van der Waals surface area contributed by atoms with E-state index in [-0.39, 0.29) is 11.8 Å². The summed E-state index contributed by atoms with van der Waals surface area (Å²) in [5.74, 6) is 1.09. The molecule has 1 aliphatic rings. The Balaban J connectivity index is 1.33. The number of aryl methyl sites for hydroxylation is 1. The predicted molar refractivity (Wildman–Crippen MR) is 116 cm³/mol. The molecular formula is C23H25ClN4O2. The van der Waals surface area contributed by atoms with Crippen molar-refractivity contribution in [3.8, 4) is 11.4 Å². The molecule has 2 heterocycles. The minimum absolute atomic E-state index is 0.0329. The third-order valence-electron chi connectivity index (χ3n) is 5.37. The Morgan fingerprint density at radius 2 is 2.13 bits per heavy atom. The lowest BCUT2D eigenvalue weighted by Gasteiger charge is -2.30. The van der Waals surface area contributed by atoms with Crippen molar-refractivity contribution in [1.29, 1.82) is 0 Å². The molecule has 1 fully saturated rings. The van der Waals surface area contributed by atoms with E-state index in [1.807, 2.05) is 30.3 Å². The fourth-order valence-corrected chi connectivity index (χ4v) is 4.05. The molecule has 1 unspecified atom stereocenters. The highest BCUT2D eigenvalue weighted by Crippen LogP contribution is 2.25. The molecule has 0 bridgehead atoms. The summed E-state index contributed by atoms with van der Waals surface area (Å²) < 4.78 is 5.43. The topological polar surface area (TPSA) is 71.3 Å². The summed E-state index contributed by atoms with van der Waals surface area (Å²) in [5, 5.41) is 7.73. The zero-order valence-electron chi connectivity index (χ0n) is 17.0. The summed E-state index contributed by atoms with van der Waals surface area (Å²) >= 11 is 6.22. The molecule has 0 saturated carbocycles. The van der Waals surface area contributed by atoms with Crippen LogP contribution in [0.1, 0.15) is 29.9 Å². The van der Waals surface area contributed by atoms with E-state index in [4.69, 9.17) is 16.1 Å². The van der Waals surface area contributed by atoms with Crippen molar-refractivity contribution in [2.45, 2.75) is 32.9 Å². The zero-order valence-corrected chi connectivity index (χ0v) is 17.7. The molecule has 1 amide bonds. The van der Waals surface area contributed by atoms with Crippen LogP contribution in [-0.2, 0) is 17.9 Å². The largest absolute Gasteiger partial charge is 0.352 e. The standard InChI is InChI=1S/C23H25ClN4O2/c1-16-6-4-7-17(12-16)13-25-23(29)18-8-5-11-28(14-18)15-21-26-22(27-30-21)19-9-2-3-10-20(19)24/h2-4,6-7,9-10,12,18H,5,8,11,13-15H2,1H3,(H,25,29). The third kappa shape index (κ3) is 5.07. The first-order chi connectivity index (χ1) is 14.6. The summed E-state index contributed by atoms with van der Waals surface area (Å²) in [5.41, 5.74) is 3.07. The zero-order chi connectivity index (χ0) is 20.9. The van der Waals surface area contributed by atoms with E-state index in [0.29, 0.717) is 36.4 Å². The van der Waals surface area contributed by atoms with Crippen LogP contribution in [0.2, 0.25) is 5.02 Å². The maximum absolute atomic E-state index is 12.7. The van der Waals surface area contributed by atoms with Gasteiger partial charge in [0.15, 0.2) is 0 Å². The monoisotopic (exact) mass is 424 g/mol. The highest BCUT2D eigenvalue weighted by atomic mass is 35.5. The van der Waals surface area contributed by atoms with E-state index < -0.39 is 0 Å². The number of carbonyl (C=O) groups excluding carboxylic acids is 1. The molecule has 0 spiro atoms. The molecule has 30 heavy (non-hydrogen) atoms. The van der Waals surface area contributed by atoms with Crippen LogP contribution in [0.25, 0.3) is 11.4 Å². The van der Waals surface area contributed by atoms with Gasteiger partial charge in [-0.1, -0.05) is 58.7 Å². The number of nitrogens with zero attached hydrogens (tertiary/aromatic N) is 3. The summed E-state index contributed by atoms with van der Waals surface area (Å²) in [6.07, 6.45) is 1.86. The van der Waals surface area contributed by atoms with Gasteiger partial charge in [-0.3, -0.25) is 9.69 Å². The molecule has 1 N–H and O–H groups in total. The molecular weight excluding hydrogens is 400 g/mol. The van der Waals surface area contributed by atoms with Crippen LogP contribution in [0.3, 0.4) is 0 Å². The number of nitrogens with one attached hydrogen (secondary N) is 1. The Morgan fingerprint density at radius 3 is 2.97 bits per heavy atom. The number of benzene rings is 2. The van der Waals surface area contributed by atoms with Crippen LogP contribution in [0, 0.1) is 12.8 Å². The van der Waals surface area contributed by atoms with Crippen molar-refractivity contribution in [2.24, 2.45) is 5.92 Å². The summed E-state index contributed by atoms with van der Waals surface area (Å²) in [6.45, 7) is 4.73. The molecule has 1 aliphatic heterocycles. The second-order valence-corrected chi connectivity index (χ2v) is 8.18. The van der Waals surface area contributed by atoms with Crippen molar-refractivity contribution in [1.82, 2.24) is 20.4 Å². The average molecular weight is 425 g/mol. The lowest BCUT2D eigenvalue weighted by atomic mass is 9.97. The normalized spacial score (nSPS) is 17.1. The molecule has 2 aromatic carbocycles. The first-order valence-electron chi connectivity index (χ1n) is 10.2. The van der Waals surface area contributed by atoms with Gasteiger partial charge in [0, 0.05) is 18.7 Å². The smallest absolute Gasteiger partial charge is 0.241 e. The summed E-state index contributed by atoms with van der Waals surface area (Å²) in [6, 6.07) is 15.6. The van der Waals surface area contributed by atoms with Crippen LogP contribution in [0.15, 0.2) is 53.1 Å². The van der Waals surface area contributed by atoms with Crippen LogP contribution in [0.4, 0.5) is 0 Å². The number of rotatable bonds is 6. The Labute approximate surface area is 181 Å². The highest BCUT2D eigenvalue weighted by molar-refractivity contribution is 6.33. The van der Waals surface area contributed by atoms with E-state index in [1.54, 1.807) is 6.07 Å². The number of likely N-dealkylation sites (tertiary alicyclic amines) is 1. The molecule has 4 rings (SSSR count). The van der Waals surface area contributed by atoms with Gasteiger partial charge in [-0.15, -0.1) is 0 Å². The maximum atomic E-state index is 12.7. The quantitative estimate of drug-likeness (QED) is 0.641. The maximum Gasteiger partial charge on any atom is 0.241 e. The molecule has 1 aromatic heterocycles. The Kier molecular flexibility index (Phi) is 6.45. The molecule has 6 nitrogen and oxygen atoms in total. The van der Waals surface area contributed by atoms with Crippen LogP contribution in [0.5, 0.6) is 0 Å². The third-order valence-corrected chi connectivity index (χ3v) is 5.70. The van der Waals surface area contributed by atoms with Crippen molar-refractivity contribution >= 4 is 17.5 Å². The molecule has 7 heteroatoms. The minimum Gasteiger partial charge on any atom is -0.352 e. The fraction of sp³-hybridized carbons (Fsp3) is 0.348. The number of aromatic nitrogens is 2. The van der Waals surface area contributed by atoms with Gasteiger partial charge in [-0.2, -0.15) is 4.98 Å². The second kappa shape index (κ2) is 9.41. The van der Waals surface area contributed by atoms with E-state index in [9.17, 15) is 4.79 Å². The van der Waals surface area contributed by atoms with Crippen LogP contribution < -0.4 is 5.32 Å². The highest BCUT2D eigenvalue weighted by Gasteiger charge is 2.27. The van der Waals surface area contributed by atoms with Gasteiger partial charge in [0.2, 0.25) is 17.6 Å². The van der Waals surface area contributed by atoms with Gasteiger partial charge in [0.1, 0.15) is 0 Å². The molecule has 0 radical (unpaired) electrons. The van der Waals surface area contributed by atoms with Gasteiger partial charge in [0.05, 0.1) is 17.5 Å². The SMILES string of the molecule is Cc1cccc(CNC(=O)C2CCCN(Cc3nc(-c4ccccc4Cl)no3)C2)c1. The van der Waals surface area contributed by atoms with Gasteiger partial charge in [-0.05, 0) is 44.0 Å². The first-order valence-corrected chi connectivity index (χ1v) is 10.6. The molecule has 1 atom stereocenters. The number of carbonyl (C=O) groups is 1. The van der Waals surface area contributed by atoms with E-state index in [0.717, 1.165) is 30.5 Å². The summed E-state index contributed by atoms with van der Waals surface area (Å²) in [7, 11) is 0. The van der Waals surface area contributed by atoms with Gasteiger partial charge >= 0.3 is 0 Å². The predicted octanol–water partition coefficient (Wildman–Crippen LogP) is 4.23. The number of hydrogen-bond acceptors (Lipinski definition) is 5. The van der Waals surface area contributed by atoms with Crippen molar-refractivity contribution in [3.05, 3.63) is 70.6 Å². The van der Waals surface area contributed by atoms with Crippen molar-refractivity contribution in [2.75, 3.05) is 13.1 Å². The Hall–Kier alpha value is -2.70. The number of hydrogen-bond donors (Lipinski definition) is 1. The molecule has 156 valence electrons. The number of piperidine rings is 1. The van der Waals surface area contributed by atoms with Gasteiger partial charge < -0.3 is 9.84 Å². The number of halogens is 1. The molecule has 3 aromatic rings. The van der Waals surface area contributed by atoms with E-state index in [2.05, 4.69) is 39.4 Å². The second-order valence-electron chi connectivity index (χ2n) is 7.77. The fourth-order valence-electron chi connectivity index (χ4n) is 3.83. The lowest BCUT2D eigenvalue weighted by Crippen LogP contribution is -2.42. The minimum atomic E-state index is -0.0329. The van der Waals surface area contributed by atoms with Crippen molar-refractivity contribution in [3.63, 3.8) is 0 Å². The summed E-state index contributed by atoms with van der Waals surface area (Å²) in [4.78, 5) is 19.4. The van der Waals surface area contributed by atoms with E-state index in [1.165, 1.54) is 5.56 Å². The Bertz CT molecular complexity index is 1020. The van der Waals surface area contributed by atoms with E-state index >= 15 is 0 Å². The van der Waals surface area contributed by atoms with Crippen molar-refractivity contribution < 1.29 is 9.32 Å². The first kappa shape index (κ1) is 20.6. The lowest BCUT2D eigenvalue weighted by molar-refractivity contribution is -0.127.